The monoisotopic (exact) mass is 309 g/mol. The molecule has 0 bridgehead atoms. The summed E-state index contributed by atoms with van der Waals surface area (Å²) in [6.45, 7) is 4.96. The summed E-state index contributed by atoms with van der Waals surface area (Å²) in [7, 11) is 0. The summed E-state index contributed by atoms with van der Waals surface area (Å²) < 4.78 is 5.82. The van der Waals surface area contributed by atoms with E-state index in [1.54, 1.807) is 12.1 Å². The number of hydrogen-bond donors (Lipinski definition) is 1. The number of rotatable bonds is 4. The van der Waals surface area contributed by atoms with Crippen molar-refractivity contribution in [1.29, 1.82) is 0 Å². The van der Waals surface area contributed by atoms with Crippen LogP contribution in [0.15, 0.2) is 30.3 Å². The molecule has 2 rings (SSSR count). The van der Waals surface area contributed by atoms with Gasteiger partial charge in [-0.2, -0.15) is 0 Å². The quantitative estimate of drug-likeness (QED) is 0.892. The van der Waals surface area contributed by atoms with E-state index in [-0.39, 0.29) is 0 Å². The Balaban J connectivity index is 2.20. The van der Waals surface area contributed by atoms with E-state index in [0.29, 0.717) is 28.9 Å². The molecule has 0 aliphatic heterocycles. The van der Waals surface area contributed by atoms with E-state index in [4.69, 9.17) is 33.7 Å². The second-order valence-electron chi connectivity index (χ2n) is 4.79. The number of hydrogen-bond acceptors (Lipinski definition) is 2. The maximum Gasteiger partial charge on any atom is 0.142 e. The van der Waals surface area contributed by atoms with Gasteiger partial charge in [-0.25, -0.2) is 0 Å². The molecule has 0 spiro atoms. The molecule has 2 N–H and O–H groups in total. The van der Waals surface area contributed by atoms with Crippen LogP contribution in [0, 0.1) is 13.8 Å². The number of ether oxygens (including phenoxy) is 1. The van der Waals surface area contributed by atoms with Gasteiger partial charge in [-0.1, -0.05) is 41.4 Å². The highest BCUT2D eigenvalue weighted by atomic mass is 35.5. The summed E-state index contributed by atoms with van der Waals surface area (Å²) in [5.74, 6) is 0.608. The molecule has 0 aliphatic carbocycles. The molecule has 0 amide bonds. The molecule has 2 nitrogen and oxygen atoms in total. The van der Waals surface area contributed by atoms with Gasteiger partial charge in [0.15, 0.2) is 0 Å². The van der Waals surface area contributed by atoms with Gasteiger partial charge in [0.25, 0.3) is 0 Å². The van der Waals surface area contributed by atoms with E-state index in [2.05, 4.69) is 26.0 Å². The lowest BCUT2D eigenvalue weighted by atomic mass is 10.1. The van der Waals surface area contributed by atoms with Gasteiger partial charge in [0.05, 0.1) is 5.02 Å². The van der Waals surface area contributed by atoms with Crippen LogP contribution in [-0.4, -0.2) is 0 Å². The predicted octanol–water partition coefficient (Wildman–Crippen LogP) is 4.65. The summed E-state index contributed by atoms with van der Waals surface area (Å²) in [5.41, 5.74) is 10.1. The smallest absolute Gasteiger partial charge is 0.142 e. The molecule has 0 saturated carbocycles. The van der Waals surface area contributed by atoms with Crippen molar-refractivity contribution in [3.8, 4) is 5.75 Å². The highest BCUT2D eigenvalue weighted by Crippen LogP contribution is 2.32. The lowest BCUT2D eigenvalue weighted by molar-refractivity contribution is 0.303. The standard InChI is InChI=1S/C16H17Cl2NO/c1-10-3-4-12(5-11(10)2)9-20-16-13(8-19)6-14(17)7-15(16)18/h3-7H,8-9,19H2,1-2H3. The Kier molecular flexibility index (Phi) is 4.92. The number of nitrogens with two attached hydrogens (primary N) is 1. The topological polar surface area (TPSA) is 35.2 Å². The van der Waals surface area contributed by atoms with Crippen LogP contribution in [0.25, 0.3) is 0 Å². The van der Waals surface area contributed by atoms with Gasteiger partial charge in [-0.05, 0) is 42.7 Å². The zero-order valence-electron chi connectivity index (χ0n) is 11.5. The molecule has 0 atom stereocenters. The maximum absolute atomic E-state index is 6.17. The van der Waals surface area contributed by atoms with Gasteiger partial charge in [-0.15, -0.1) is 0 Å². The fourth-order valence-corrected chi connectivity index (χ4v) is 2.57. The van der Waals surface area contributed by atoms with Crippen molar-refractivity contribution in [2.45, 2.75) is 27.0 Å². The number of benzene rings is 2. The summed E-state index contributed by atoms with van der Waals surface area (Å²) in [6.07, 6.45) is 0. The fourth-order valence-electron chi connectivity index (χ4n) is 1.98. The zero-order chi connectivity index (χ0) is 14.7. The van der Waals surface area contributed by atoms with Crippen molar-refractivity contribution in [1.82, 2.24) is 0 Å². The van der Waals surface area contributed by atoms with Crippen molar-refractivity contribution in [2.24, 2.45) is 5.73 Å². The molecule has 20 heavy (non-hydrogen) atoms. The summed E-state index contributed by atoms with van der Waals surface area (Å²) >= 11 is 12.1. The number of aryl methyl sites for hydroxylation is 2. The van der Waals surface area contributed by atoms with E-state index in [1.165, 1.54) is 11.1 Å². The third-order valence-electron chi connectivity index (χ3n) is 3.26. The molecule has 0 fully saturated rings. The molecule has 2 aromatic carbocycles. The molecule has 4 heteroatoms. The highest BCUT2D eigenvalue weighted by Gasteiger charge is 2.10. The second-order valence-corrected chi connectivity index (χ2v) is 5.63. The lowest BCUT2D eigenvalue weighted by Crippen LogP contribution is -2.04. The zero-order valence-corrected chi connectivity index (χ0v) is 13.1. The normalized spacial score (nSPS) is 10.7. The first kappa shape index (κ1) is 15.2. The summed E-state index contributed by atoms with van der Waals surface area (Å²) in [4.78, 5) is 0. The largest absolute Gasteiger partial charge is 0.487 e. The van der Waals surface area contributed by atoms with Crippen LogP contribution in [0.4, 0.5) is 0 Å². The van der Waals surface area contributed by atoms with Gasteiger partial charge in [0.2, 0.25) is 0 Å². The molecule has 2 aromatic rings. The molecule has 0 aromatic heterocycles. The second kappa shape index (κ2) is 6.49. The van der Waals surface area contributed by atoms with Crippen LogP contribution in [0.3, 0.4) is 0 Å². The predicted molar refractivity (Wildman–Crippen MR) is 84.6 cm³/mol. The molecular formula is C16H17Cl2NO. The summed E-state index contributed by atoms with van der Waals surface area (Å²) in [5, 5.41) is 1.05. The molecule has 106 valence electrons. The SMILES string of the molecule is Cc1ccc(COc2c(Cl)cc(Cl)cc2CN)cc1C. The van der Waals surface area contributed by atoms with Crippen LogP contribution in [0.1, 0.15) is 22.3 Å². The van der Waals surface area contributed by atoms with Crippen molar-refractivity contribution in [3.05, 3.63) is 62.6 Å². The fraction of sp³-hybridized carbons (Fsp3) is 0.250. The maximum atomic E-state index is 6.17. The minimum atomic E-state index is 0.336. The molecule has 0 aliphatic rings. The van der Waals surface area contributed by atoms with Crippen molar-refractivity contribution in [2.75, 3.05) is 0 Å². The minimum absolute atomic E-state index is 0.336. The van der Waals surface area contributed by atoms with E-state index in [0.717, 1.165) is 11.1 Å². The third-order valence-corrected chi connectivity index (χ3v) is 3.76. The van der Waals surface area contributed by atoms with Crippen molar-refractivity contribution < 1.29 is 4.74 Å². The molecular weight excluding hydrogens is 293 g/mol. The molecule has 0 radical (unpaired) electrons. The first-order valence-corrected chi connectivity index (χ1v) is 7.13. The Morgan fingerprint density at radius 2 is 1.80 bits per heavy atom. The molecule has 0 heterocycles. The first-order chi connectivity index (χ1) is 9.51. The van der Waals surface area contributed by atoms with Crippen LogP contribution in [-0.2, 0) is 13.2 Å². The van der Waals surface area contributed by atoms with Gasteiger partial charge in [0.1, 0.15) is 12.4 Å². The van der Waals surface area contributed by atoms with E-state index >= 15 is 0 Å². The minimum Gasteiger partial charge on any atom is -0.487 e. The van der Waals surface area contributed by atoms with Gasteiger partial charge in [-0.3, -0.25) is 0 Å². The Bertz CT molecular complexity index is 626. The van der Waals surface area contributed by atoms with Gasteiger partial charge >= 0.3 is 0 Å². The first-order valence-electron chi connectivity index (χ1n) is 6.38. The Labute approximate surface area is 129 Å². The molecule has 0 saturated heterocycles. The van der Waals surface area contributed by atoms with E-state index in [9.17, 15) is 0 Å². The average molecular weight is 310 g/mol. The Hall–Kier alpha value is -1.22. The molecule has 0 unspecified atom stereocenters. The van der Waals surface area contributed by atoms with Crippen LogP contribution in [0.2, 0.25) is 10.0 Å². The lowest BCUT2D eigenvalue weighted by Gasteiger charge is -2.13. The summed E-state index contributed by atoms with van der Waals surface area (Å²) in [6, 6.07) is 9.69. The Morgan fingerprint density at radius 1 is 1.05 bits per heavy atom. The van der Waals surface area contributed by atoms with Crippen LogP contribution >= 0.6 is 23.2 Å². The van der Waals surface area contributed by atoms with Crippen molar-refractivity contribution in [3.63, 3.8) is 0 Å². The van der Waals surface area contributed by atoms with Crippen molar-refractivity contribution >= 4 is 23.2 Å². The van der Waals surface area contributed by atoms with E-state index in [1.807, 2.05) is 6.07 Å². The Morgan fingerprint density at radius 3 is 2.45 bits per heavy atom. The van der Waals surface area contributed by atoms with Gasteiger partial charge < -0.3 is 10.5 Å². The third kappa shape index (κ3) is 3.45. The number of halogens is 2. The average Bonchev–Trinajstić information content (AvgIpc) is 2.40. The van der Waals surface area contributed by atoms with E-state index < -0.39 is 0 Å². The van der Waals surface area contributed by atoms with Crippen LogP contribution in [0.5, 0.6) is 5.75 Å². The van der Waals surface area contributed by atoms with Crippen LogP contribution < -0.4 is 10.5 Å². The highest BCUT2D eigenvalue weighted by molar-refractivity contribution is 6.35. The van der Waals surface area contributed by atoms with Gasteiger partial charge in [0, 0.05) is 17.1 Å².